The van der Waals surface area contributed by atoms with Crippen LogP contribution in [0.2, 0.25) is 0 Å². The second-order valence-corrected chi connectivity index (χ2v) is 2.09. The fourth-order valence-corrected chi connectivity index (χ4v) is 0.676. The van der Waals surface area contributed by atoms with E-state index in [4.69, 9.17) is 0 Å². The van der Waals surface area contributed by atoms with Crippen molar-refractivity contribution < 1.29 is 0 Å². The van der Waals surface area contributed by atoms with Crippen molar-refractivity contribution in [2.75, 3.05) is 6.54 Å². The molecule has 0 aliphatic rings. The zero-order chi connectivity index (χ0) is 7.11. The second-order valence-electron chi connectivity index (χ2n) is 2.09. The Hall–Kier alpha value is -0.480. The van der Waals surface area contributed by atoms with Gasteiger partial charge in [-0.3, -0.25) is 0 Å². The molecule has 0 aliphatic heterocycles. The molecule has 0 bridgehead atoms. The molecule has 1 heteroatoms. The summed E-state index contributed by atoms with van der Waals surface area (Å²) in [6, 6.07) is 0.544. The first-order chi connectivity index (χ1) is 4.31. The van der Waals surface area contributed by atoms with E-state index < -0.39 is 0 Å². The minimum Gasteiger partial charge on any atom is -0.314 e. The van der Waals surface area contributed by atoms with Crippen LogP contribution in [0.3, 0.4) is 0 Å². The van der Waals surface area contributed by atoms with E-state index in [2.05, 4.69) is 31.0 Å². The molecule has 1 unspecified atom stereocenters. The third kappa shape index (κ3) is 5.39. The van der Waals surface area contributed by atoms with Crippen LogP contribution in [-0.2, 0) is 0 Å². The van der Waals surface area contributed by atoms with Crippen LogP contribution in [0, 0.1) is 11.8 Å². The largest absolute Gasteiger partial charge is 0.314 e. The number of hydrogen-bond acceptors (Lipinski definition) is 1. The van der Waals surface area contributed by atoms with Crippen LogP contribution in [-0.4, -0.2) is 12.6 Å². The number of rotatable bonds is 3. The van der Waals surface area contributed by atoms with Crippen molar-refractivity contribution in [1.82, 2.24) is 5.32 Å². The van der Waals surface area contributed by atoms with Crippen molar-refractivity contribution >= 4 is 0 Å². The Morgan fingerprint density at radius 2 is 2.22 bits per heavy atom. The Labute approximate surface area is 57.8 Å². The highest BCUT2D eigenvalue weighted by Gasteiger charge is 1.92. The molecule has 0 fully saturated rings. The Morgan fingerprint density at radius 3 is 2.67 bits per heavy atom. The molecule has 52 valence electrons. The third-order valence-electron chi connectivity index (χ3n) is 1.14. The standard InChI is InChI=1S/C8H15N/c1-4-6-7-8(3)9-5-2/h8-9H,5,7H2,1-3H3. The molecule has 0 aromatic rings. The molecule has 1 atom stereocenters. The van der Waals surface area contributed by atoms with E-state index in [1.807, 2.05) is 6.92 Å². The van der Waals surface area contributed by atoms with Crippen molar-refractivity contribution in [3.63, 3.8) is 0 Å². The fourth-order valence-electron chi connectivity index (χ4n) is 0.676. The molecule has 0 aromatic carbocycles. The predicted octanol–water partition coefficient (Wildman–Crippen LogP) is 1.40. The molecule has 0 aliphatic carbocycles. The van der Waals surface area contributed by atoms with E-state index in [1.165, 1.54) is 0 Å². The highest BCUT2D eigenvalue weighted by atomic mass is 14.9. The minimum atomic E-state index is 0.544. The normalized spacial score (nSPS) is 11.9. The molecule has 9 heavy (non-hydrogen) atoms. The van der Waals surface area contributed by atoms with Crippen LogP contribution in [0.1, 0.15) is 27.2 Å². The first kappa shape index (κ1) is 8.52. The second kappa shape index (κ2) is 5.65. The summed E-state index contributed by atoms with van der Waals surface area (Å²) < 4.78 is 0. The molecular weight excluding hydrogens is 110 g/mol. The molecule has 0 saturated heterocycles. The summed E-state index contributed by atoms with van der Waals surface area (Å²) in [6.07, 6.45) is 0.963. The van der Waals surface area contributed by atoms with Gasteiger partial charge in [0, 0.05) is 12.5 Å². The first-order valence-corrected chi connectivity index (χ1v) is 3.44. The van der Waals surface area contributed by atoms with Gasteiger partial charge >= 0.3 is 0 Å². The van der Waals surface area contributed by atoms with Gasteiger partial charge in [0.05, 0.1) is 0 Å². The van der Waals surface area contributed by atoms with Gasteiger partial charge in [-0.15, -0.1) is 11.8 Å². The summed E-state index contributed by atoms with van der Waals surface area (Å²) in [5.41, 5.74) is 0. The maximum atomic E-state index is 3.28. The third-order valence-corrected chi connectivity index (χ3v) is 1.14. The fraction of sp³-hybridized carbons (Fsp3) is 0.750. The van der Waals surface area contributed by atoms with Gasteiger partial charge in [-0.25, -0.2) is 0 Å². The van der Waals surface area contributed by atoms with Crippen molar-refractivity contribution in [2.24, 2.45) is 0 Å². The monoisotopic (exact) mass is 125 g/mol. The Kier molecular flexibility index (Phi) is 5.35. The molecule has 0 heterocycles. The summed E-state index contributed by atoms with van der Waals surface area (Å²) in [5, 5.41) is 3.28. The van der Waals surface area contributed by atoms with Gasteiger partial charge < -0.3 is 5.32 Å². The van der Waals surface area contributed by atoms with Gasteiger partial charge in [0.25, 0.3) is 0 Å². The molecule has 0 amide bonds. The van der Waals surface area contributed by atoms with Gasteiger partial charge in [0.1, 0.15) is 0 Å². The molecule has 0 radical (unpaired) electrons. The van der Waals surface area contributed by atoms with E-state index >= 15 is 0 Å². The SMILES string of the molecule is CC#CCC(C)NCC. The molecule has 0 spiro atoms. The zero-order valence-electron chi connectivity index (χ0n) is 6.49. The lowest BCUT2D eigenvalue weighted by Crippen LogP contribution is -2.24. The first-order valence-electron chi connectivity index (χ1n) is 3.44. The lowest BCUT2D eigenvalue weighted by Gasteiger charge is -2.06. The minimum absolute atomic E-state index is 0.544. The average Bonchev–Trinajstić information content (AvgIpc) is 1.85. The van der Waals surface area contributed by atoms with E-state index in [-0.39, 0.29) is 0 Å². The summed E-state index contributed by atoms with van der Waals surface area (Å²) >= 11 is 0. The summed E-state index contributed by atoms with van der Waals surface area (Å²) in [4.78, 5) is 0. The Bertz CT molecular complexity index is 107. The van der Waals surface area contributed by atoms with E-state index in [0.717, 1.165) is 13.0 Å². The quantitative estimate of drug-likeness (QED) is 0.562. The summed E-state index contributed by atoms with van der Waals surface area (Å²) in [5.74, 6) is 5.89. The van der Waals surface area contributed by atoms with Gasteiger partial charge in [-0.1, -0.05) is 6.92 Å². The van der Waals surface area contributed by atoms with Gasteiger partial charge in [-0.2, -0.15) is 0 Å². The maximum Gasteiger partial charge on any atom is 0.0240 e. The maximum absolute atomic E-state index is 3.28. The molecular formula is C8H15N. The molecule has 0 aromatic heterocycles. The van der Waals surface area contributed by atoms with Gasteiger partial charge in [0.15, 0.2) is 0 Å². The lowest BCUT2D eigenvalue weighted by molar-refractivity contribution is 0.580. The lowest BCUT2D eigenvalue weighted by atomic mass is 10.2. The van der Waals surface area contributed by atoms with Crippen molar-refractivity contribution in [2.45, 2.75) is 33.2 Å². The number of hydrogen-bond donors (Lipinski definition) is 1. The highest BCUT2D eigenvalue weighted by Crippen LogP contribution is 1.85. The van der Waals surface area contributed by atoms with Crippen LogP contribution in [0.15, 0.2) is 0 Å². The van der Waals surface area contributed by atoms with Crippen LogP contribution >= 0.6 is 0 Å². The van der Waals surface area contributed by atoms with Crippen LogP contribution in [0.4, 0.5) is 0 Å². The molecule has 1 N–H and O–H groups in total. The zero-order valence-corrected chi connectivity index (χ0v) is 6.49. The van der Waals surface area contributed by atoms with E-state index in [1.54, 1.807) is 0 Å². The van der Waals surface area contributed by atoms with Gasteiger partial charge in [-0.05, 0) is 20.4 Å². The van der Waals surface area contributed by atoms with Crippen LogP contribution < -0.4 is 5.32 Å². The topological polar surface area (TPSA) is 12.0 Å². The average molecular weight is 125 g/mol. The predicted molar refractivity (Wildman–Crippen MR) is 41.2 cm³/mol. The molecule has 0 saturated carbocycles. The van der Waals surface area contributed by atoms with Crippen molar-refractivity contribution in [3.8, 4) is 11.8 Å². The number of nitrogens with one attached hydrogen (secondary N) is 1. The molecule has 0 rings (SSSR count). The Morgan fingerprint density at radius 1 is 1.56 bits per heavy atom. The van der Waals surface area contributed by atoms with E-state index in [9.17, 15) is 0 Å². The van der Waals surface area contributed by atoms with E-state index in [0.29, 0.717) is 6.04 Å². The highest BCUT2D eigenvalue weighted by molar-refractivity contribution is 4.97. The van der Waals surface area contributed by atoms with Gasteiger partial charge in [0.2, 0.25) is 0 Å². The van der Waals surface area contributed by atoms with Crippen molar-refractivity contribution in [1.29, 1.82) is 0 Å². The van der Waals surface area contributed by atoms with Crippen LogP contribution in [0.25, 0.3) is 0 Å². The van der Waals surface area contributed by atoms with Crippen molar-refractivity contribution in [3.05, 3.63) is 0 Å². The van der Waals surface area contributed by atoms with Crippen LogP contribution in [0.5, 0.6) is 0 Å². The summed E-state index contributed by atoms with van der Waals surface area (Å²) in [6.45, 7) is 7.16. The Balaban J connectivity index is 3.22. The smallest absolute Gasteiger partial charge is 0.0240 e. The summed E-state index contributed by atoms with van der Waals surface area (Å²) in [7, 11) is 0. The molecule has 1 nitrogen and oxygen atoms in total.